The summed E-state index contributed by atoms with van der Waals surface area (Å²) < 4.78 is 0. The third kappa shape index (κ3) is 7.90. The van der Waals surface area contributed by atoms with E-state index in [1.165, 1.54) is 5.56 Å². The van der Waals surface area contributed by atoms with Crippen molar-refractivity contribution in [3.8, 4) is 0 Å². The van der Waals surface area contributed by atoms with Gasteiger partial charge in [-0.15, -0.1) is 0 Å². The molecule has 0 unspecified atom stereocenters. The fraction of sp³-hybridized carbons (Fsp3) is 0.500. The zero-order valence-electron chi connectivity index (χ0n) is 11.6. The van der Waals surface area contributed by atoms with Crippen LogP contribution in [0.3, 0.4) is 0 Å². The van der Waals surface area contributed by atoms with Crippen molar-refractivity contribution < 1.29 is 4.79 Å². The molecule has 1 atom stereocenters. The average molecular weight is 262 g/mol. The van der Waals surface area contributed by atoms with Gasteiger partial charge in [0.1, 0.15) is 0 Å². The molecule has 0 aromatic heterocycles. The smallest absolute Gasteiger partial charge is 0.236 e. The molecule has 0 bridgehead atoms. The Morgan fingerprint density at radius 1 is 1.26 bits per heavy atom. The molecule has 0 aliphatic rings. The van der Waals surface area contributed by atoms with Gasteiger partial charge in [-0.1, -0.05) is 37.3 Å². The van der Waals surface area contributed by atoms with E-state index >= 15 is 0 Å². The van der Waals surface area contributed by atoms with Crippen LogP contribution < -0.4 is 10.6 Å². The van der Waals surface area contributed by atoms with Gasteiger partial charge in [-0.05, 0) is 31.9 Å². The van der Waals surface area contributed by atoms with Crippen molar-refractivity contribution in [2.45, 2.75) is 32.7 Å². The lowest BCUT2D eigenvalue weighted by atomic mass is 10.1. The second-order valence-corrected chi connectivity index (χ2v) is 4.16. The standard InChI is InChI=1S/C14H22N2O.N2/c1-3-15-12(2)14(17)16-11-7-10-13-8-5-4-6-9-13;1-2/h4-6,8-9,12,15H,3,7,10-11H2,1-2H3,(H,16,17);/t12-;/m1./s1. The summed E-state index contributed by atoms with van der Waals surface area (Å²) >= 11 is 0. The summed E-state index contributed by atoms with van der Waals surface area (Å²) in [6.07, 6.45) is 1.99. The van der Waals surface area contributed by atoms with Crippen LogP contribution in [0.25, 0.3) is 0 Å². The van der Waals surface area contributed by atoms with E-state index in [2.05, 4.69) is 22.8 Å². The molecule has 0 saturated carbocycles. The van der Waals surface area contributed by atoms with E-state index < -0.39 is 0 Å². The second kappa shape index (κ2) is 11.2. The van der Waals surface area contributed by atoms with Crippen LogP contribution >= 0.6 is 0 Å². The number of carbonyl (C=O) groups excluding carboxylic acids is 1. The van der Waals surface area contributed by atoms with Gasteiger partial charge in [0, 0.05) is 17.3 Å². The average Bonchev–Trinajstić information content (AvgIpc) is 2.47. The maximum absolute atomic E-state index is 11.6. The Hall–Kier alpha value is -1.93. The zero-order valence-corrected chi connectivity index (χ0v) is 11.6. The Morgan fingerprint density at radius 3 is 2.47 bits per heavy atom. The Kier molecular flexibility index (Phi) is 10.0. The van der Waals surface area contributed by atoms with Crippen LogP contribution in [0.5, 0.6) is 0 Å². The molecule has 0 spiro atoms. The van der Waals surface area contributed by atoms with E-state index in [0.717, 1.165) is 25.9 Å². The second-order valence-electron chi connectivity index (χ2n) is 4.16. The summed E-state index contributed by atoms with van der Waals surface area (Å²) in [5.74, 6) is 0.0833. The van der Waals surface area contributed by atoms with E-state index in [1.807, 2.05) is 32.0 Å². The largest absolute Gasteiger partial charge is 0.355 e. The fourth-order valence-electron chi connectivity index (χ4n) is 1.70. The van der Waals surface area contributed by atoms with Crippen molar-refractivity contribution in [2.24, 2.45) is 0 Å². The summed E-state index contributed by atoms with van der Waals surface area (Å²) in [7, 11) is 0. The van der Waals surface area contributed by atoms with Gasteiger partial charge in [0.25, 0.3) is 0 Å². The Balaban J connectivity index is 0.00000154. The first-order valence-electron chi connectivity index (χ1n) is 6.49. The molecule has 1 rings (SSSR count). The summed E-state index contributed by atoms with van der Waals surface area (Å²) in [6, 6.07) is 10.2. The number of nitrogens with one attached hydrogen (secondary N) is 2. The maximum Gasteiger partial charge on any atom is 0.236 e. The highest BCUT2D eigenvalue weighted by Crippen LogP contribution is 2.01. The van der Waals surface area contributed by atoms with E-state index in [-0.39, 0.29) is 11.9 Å². The number of carbonyl (C=O) groups is 1. The number of amides is 1. The molecule has 1 aromatic carbocycles. The number of nitrogens with zero attached hydrogens (tertiary/aromatic N) is 2. The van der Waals surface area contributed by atoms with Crippen LogP contribution in [0.15, 0.2) is 30.3 Å². The molecule has 0 fully saturated rings. The zero-order chi connectivity index (χ0) is 14.5. The van der Waals surface area contributed by atoms with Crippen molar-refractivity contribution in [2.75, 3.05) is 13.1 Å². The Bertz CT molecular complexity index is 364. The minimum absolute atomic E-state index is 0.0833. The van der Waals surface area contributed by atoms with Crippen LogP contribution in [-0.2, 0) is 11.2 Å². The summed E-state index contributed by atoms with van der Waals surface area (Å²) in [4.78, 5) is 11.6. The van der Waals surface area contributed by atoms with Gasteiger partial charge in [0.2, 0.25) is 5.91 Å². The third-order valence-electron chi connectivity index (χ3n) is 2.69. The van der Waals surface area contributed by atoms with Gasteiger partial charge in [0.05, 0.1) is 6.04 Å². The molecule has 0 radical (unpaired) electrons. The number of rotatable bonds is 7. The number of aryl methyl sites for hydroxylation is 1. The van der Waals surface area contributed by atoms with Crippen molar-refractivity contribution >= 4 is 5.91 Å². The van der Waals surface area contributed by atoms with Gasteiger partial charge in [-0.2, -0.15) is 0 Å². The monoisotopic (exact) mass is 262 g/mol. The minimum Gasteiger partial charge on any atom is -0.355 e. The van der Waals surface area contributed by atoms with Crippen LogP contribution in [0.1, 0.15) is 25.8 Å². The predicted molar refractivity (Wildman–Crippen MR) is 74.4 cm³/mol. The van der Waals surface area contributed by atoms with Crippen molar-refractivity contribution in [3.63, 3.8) is 0 Å². The number of hydrogen-bond acceptors (Lipinski definition) is 4. The molecule has 5 nitrogen and oxygen atoms in total. The Morgan fingerprint density at radius 2 is 1.89 bits per heavy atom. The highest BCUT2D eigenvalue weighted by atomic mass is 16.2. The highest BCUT2D eigenvalue weighted by molar-refractivity contribution is 5.81. The van der Waals surface area contributed by atoms with E-state index in [4.69, 9.17) is 10.8 Å². The molecule has 0 saturated heterocycles. The molecule has 0 heterocycles. The van der Waals surface area contributed by atoms with Crippen molar-refractivity contribution in [1.82, 2.24) is 10.6 Å². The fourth-order valence-corrected chi connectivity index (χ4v) is 1.70. The van der Waals surface area contributed by atoms with E-state index in [9.17, 15) is 4.79 Å². The SMILES string of the molecule is CCN[C@H](C)C(=O)NCCCc1ccccc1.N#N. The summed E-state index contributed by atoms with van der Waals surface area (Å²) in [5.41, 5.74) is 1.32. The molecular weight excluding hydrogens is 240 g/mol. The molecule has 104 valence electrons. The molecule has 2 N–H and O–H groups in total. The number of hydrogen-bond donors (Lipinski definition) is 2. The molecule has 1 amide bonds. The highest BCUT2D eigenvalue weighted by Gasteiger charge is 2.09. The first-order chi connectivity index (χ1) is 9.24. The van der Waals surface area contributed by atoms with Gasteiger partial charge in [-0.3, -0.25) is 4.79 Å². The quantitative estimate of drug-likeness (QED) is 0.579. The number of likely N-dealkylation sites (N-methyl/N-ethyl adjacent to an activating group) is 1. The first-order valence-corrected chi connectivity index (χ1v) is 6.49. The molecule has 19 heavy (non-hydrogen) atoms. The topological polar surface area (TPSA) is 88.7 Å². The summed E-state index contributed by atoms with van der Waals surface area (Å²) in [6.45, 7) is 5.44. The van der Waals surface area contributed by atoms with Gasteiger partial charge in [0.15, 0.2) is 0 Å². The predicted octanol–water partition coefficient (Wildman–Crippen LogP) is 1.76. The van der Waals surface area contributed by atoms with Gasteiger partial charge < -0.3 is 10.6 Å². The normalized spacial score (nSPS) is 10.9. The van der Waals surface area contributed by atoms with Crippen LogP contribution in [-0.4, -0.2) is 25.0 Å². The molecule has 0 aliphatic carbocycles. The van der Waals surface area contributed by atoms with Gasteiger partial charge >= 0.3 is 0 Å². The number of benzene rings is 1. The van der Waals surface area contributed by atoms with E-state index in [1.54, 1.807) is 0 Å². The van der Waals surface area contributed by atoms with Crippen LogP contribution in [0.2, 0.25) is 0 Å². The van der Waals surface area contributed by atoms with Crippen LogP contribution in [0.4, 0.5) is 0 Å². The molecular formula is C14H22N4O. The lowest BCUT2D eigenvalue weighted by Crippen LogP contribution is -2.42. The third-order valence-corrected chi connectivity index (χ3v) is 2.69. The first kappa shape index (κ1) is 17.1. The van der Waals surface area contributed by atoms with Gasteiger partial charge in [-0.25, -0.2) is 0 Å². The van der Waals surface area contributed by atoms with Crippen LogP contribution in [0, 0.1) is 10.8 Å². The lowest BCUT2D eigenvalue weighted by molar-refractivity contribution is -0.122. The lowest BCUT2D eigenvalue weighted by Gasteiger charge is -2.12. The Labute approximate surface area is 114 Å². The maximum atomic E-state index is 11.6. The molecule has 1 aromatic rings. The van der Waals surface area contributed by atoms with Crippen molar-refractivity contribution in [3.05, 3.63) is 35.9 Å². The summed E-state index contributed by atoms with van der Waals surface area (Å²) in [5, 5.41) is 18.0. The molecule has 5 heteroatoms. The minimum atomic E-state index is -0.100. The molecule has 0 aliphatic heterocycles. The van der Waals surface area contributed by atoms with Crippen molar-refractivity contribution in [1.29, 1.82) is 10.8 Å². The van der Waals surface area contributed by atoms with E-state index in [0.29, 0.717) is 0 Å².